The van der Waals surface area contributed by atoms with Gasteiger partial charge in [-0.25, -0.2) is 9.18 Å². The second-order valence-corrected chi connectivity index (χ2v) is 6.07. The van der Waals surface area contributed by atoms with Gasteiger partial charge in [-0.3, -0.25) is 0 Å². The highest BCUT2D eigenvalue weighted by Gasteiger charge is 2.26. The molecule has 0 spiro atoms. The average molecular weight is 278 g/mol. The predicted molar refractivity (Wildman–Crippen MR) is 77.9 cm³/mol. The Kier molecular flexibility index (Phi) is 4.63. The minimum absolute atomic E-state index is 0.0276. The van der Waals surface area contributed by atoms with Gasteiger partial charge >= 0.3 is 6.03 Å². The number of carbonyl (C=O) groups excluding carboxylic acids is 1. The average Bonchev–Trinajstić information content (AvgIpc) is 2.38. The zero-order valence-corrected chi connectivity index (χ0v) is 12.4. The molecule has 4 heteroatoms. The molecular weight excluding hydrogens is 255 g/mol. The smallest absolute Gasteiger partial charge is 0.317 e. The second kappa shape index (κ2) is 6.25. The van der Waals surface area contributed by atoms with E-state index in [1.54, 1.807) is 12.1 Å². The normalized spacial score (nSPS) is 24.3. The zero-order valence-electron chi connectivity index (χ0n) is 12.4. The van der Waals surface area contributed by atoms with E-state index in [2.05, 4.69) is 19.2 Å². The Morgan fingerprint density at radius 1 is 1.25 bits per heavy atom. The van der Waals surface area contributed by atoms with Crippen LogP contribution < -0.4 is 5.32 Å². The molecule has 1 aliphatic rings. The molecule has 0 saturated carbocycles. The van der Waals surface area contributed by atoms with Crippen LogP contribution in [0.15, 0.2) is 24.3 Å². The molecule has 2 amide bonds. The van der Waals surface area contributed by atoms with Crippen molar-refractivity contribution >= 4 is 6.03 Å². The van der Waals surface area contributed by atoms with Gasteiger partial charge in [-0.1, -0.05) is 26.0 Å². The van der Waals surface area contributed by atoms with Crippen molar-refractivity contribution in [3.63, 3.8) is 0 Å². The molecule has 1 fully saturated rings. The minimum Gasteiger partial charge on any atom is -0.331 e. The lowest BCUT2D eigenvalue weighted by atomic mass is 9.92. The molecule has 1 N–H and O–H groups in total. The Hall–Kier alpha value is -1.58. The molecule has 20 heavy (non-hydrogen) atoms. The van der Waals surface area contributed by atoms with Crippen molar-refractivity contribution < 1.29 is 9.18 Å². The number of hydrogen-bond acceptors (Lipinski definition) is 1. The summed E-state index contributed by atoms with van der Waals surface area (Å²) < 4.78 is 12.9. The molecule has 0 aromatic heterocycles. The molecule has 3 nitrogen and oxygen atoms in total. The second-order valence-electron chi connectivity index (χ2n) is 6.07. The summed E-state index contributed by atoms with van der Waals surface area (Å²) in [6.45, 7) is 7.90. The monoisotopic (exact) mass is 278 g/mol. The van der Waals surface area contributed by atoms with Crippen LogP contribution in [0.5, 0.6) is 0 Å². The minimum atomic E-state index is -0.258. The van der Waals surface area contributed by atoms with E-state index in [9.17, 15) is 9.18 Å². The number of rotatable bonds is 2. The fourth-order valence-corrected chi connectivity index (χ4v) is 2.94. The molecule has 0 radical (unpaired) electrons. The SMILES string of the molecule is CC1CC(C)CN(C(=O)NC(C)c2ccc(F)cc2)C1. The predicted octanol–water partition coefficient (Wildman–Crippen LogP) is 3.57. The molecule has 0 aliphatic carbocycles. The molecule has 110 valence electrons. The molecule has 3 atom stereocenters. The Morgan fingerprint density at radius 3 is 2.35 bits per heavy atom. The van der Waals surface area contributed by atoms with Crippen LogP contribution in [0, 0.1) is 17.7 Å². The van der Waals surface area contributed by atoms with E-state index in [1.165, 1.54) is 18.6 Å². The fourth-order valence-electron chi connectivity index (χ4n) is 2.94. The van der Waals surface area contributed by atoms with E-state index < -0.39 is 0 Å². The molecule has 1 saturated heterocycles. The lowest BCUT2D eigenvalue weighted by molar-refractivity contribution is 0.144. The maximum Gasteiger partial charge on any atom is 0.317 e. The topological polar surface area (TPSA) is 32.3 Å². The van der Waals surface area contributed by atoms with Crippen LogP contribution >= 0.6 is 0 Å². The van der Waals surface area contributed by atoms with Crippen molar-refractivity contribution in [1.82, 2.24) is 10.2 Å². The summed E-state index contributed by atoms with van der Waals surface area (Å²) >= 11 is 0. The van der Waals surface area contributed by atoms with Gasteiger partial charge in [0, 0.05) is 13.1 Å². The standard InChI is InChI=1S/C16H23FN2O/c1-11-8-12(2)10-19(9-11)16(20)18-13(3)14-4-6-15(17)7-5-14/h4-7,11-13H,8-10H2,1-3H3,(H,18,20). The molecule has 1 heterocycles. The molecule has 0 bridgehead atoms. The van der Waals surface area contributed by atoms with E-state index in [4.69, 9.17) is 0 Å². The molecule has 3 unspecified atom stereocenters. The van der Waals surface area contributed by atoms with Crippen molar-refractivity contribution in [2.75, 3.05) is 13.1 Å². The summed E-state index contributed by atoms with van der Waals surface area (Å²) in [5.74, 6) is 0.835. The molecular formula is C16H23FN2O. The molecule has 1 aromatic rings. The molecule has 1 aromatic carbocycles. The summed E-state index contributed by atoms with van der Waals surface area (Å²) in [6.07, 6.45) is 1.18. The highest BCUT2D eigenvalue weighted by Crippen LogP contribution is 2.21. The van der Waals surface area contributed by atoms with Crippen molar-refractivity contribution in [2.45, 2.75) is 33.2 Å². The third kappa shape index (κ3) is 3.71. The summed E-state index contributed by atoms with van der Waals surface area (Å²) in [5.41, 5.74) is 0.915. The van der Waals surface area contributed by atoms with E-state index >= 15 is 0 Å². The first-order valence-electron chi connectivity index (χ1n) is 7.26. The number of hydrogen-bond donors (Lipinski definition) is 1. The Labute approximate surface area is 120 Å². The summed E-state index contributed by atoms with van der Waals surface area (Å²) in [5, 5.41) is 2.99. The number of benzene rings is 1. The van der Waals surface area contributed by atoms with Crippen LogP contribution in [0.1, 0.15) is 38.8 Å². The maximum atomic E-state index is 12.9. The van der Waals surface area contributed by atoms with Gasteiger partial charge in [0.15, 0.2) is 0 Å². The molecule has 1 aliphatic heterocycles. The number of nitrogens with zero attached hydrogens (tertiary/aromatic N) is 1. The van der Waals surface area contributed by atoms with E-state index in [0.717, 1.165) is 18.7 Å². The van der Waals surface area contributed by atoms with Crippen LogP contribution in [0.4, 0.5) is 9.18 Å². The number of likely N-dealkylation sites (tertiary alicyclic amines) is 1. The van der Waals surface area contributed by atoms with Crippen molar-refractivity contribution in [3.8, 4) is 0 Å². The summed E-state index contributed by atoms with van der Waals surface area (Å²) in [4.78, 5) is 14.2. The van der Waals surface area contributed by atoms with Crippen LogP contribution in [0.2, 0.25) is 0 Å². The van der Waals surface area contributed by atoms with Gasteiger partial charge in [-0.05, 0) is 42.9 Å². The van der Waals surface area contributed by atoms with E-state index in [0.29, 0.717) is 11.8 Å². The number of amides is 2. The van der Waals surface area contributed by atoms with Gasteiger partial charge in [-0.15, -0.1) is 0 Å². The number of urea groups is 1. The number of piperidine rings is 1. The van der Waals surface area contributed by atoms with Crippen LogP contribution in [-0.2, 0) is 0 Å². The third-order valence-corrected chi connectivity index (χ3v) is 3.87. The Bertz CT molecular complexity index is 450. The largest absolute Gasteiger partial charge is 0.331 e. The van der Waals surface area contributed by atoms with Crippen LogP contribution in [-0.4, -0.2) is 24.0 Å². The highest BCUT2D eigenvalue weighted by atomic mass is 19.1. The van der Waals surface area contributed by atoms with Gasteiger partial charge in [0.05, 0.1) is 6.04 Å². The van der Waals surface area contributed by atoms with Crippen molar-refractivity contribution in [3.05, 3.63) is 35.6 Å². The Balaban J connectivity index is 1.95. The first-order valence-corrected chi connectivity index (χ1v) is 7.26. The highest BCUT2D eigenvalue weighted by molar-refractivity contribution is 5.74. The third-order valence-electron chi connectivity index (χ3n) is 3.87. The van der Waals surface area contributed by atoms with Crippen molar-refractivity contribution in [1.29, 1.82) is 0 Å². The van der Waals surface area contributed by atoms with Crippen molar-refractivity contribution in [2.24, 2.45) is 11.8 Å². The van der Waals surface area contributed by atoms with Gasteiger partial charge in [-0.2, -0.15) is 0 Å². The van der Waals surface area contributed by atoms with Gasteiger partial charge < -0.3 is 10.2 Å². The van der Waals surface area contributed by atoms with Gasteiger partial charge in [0.25, 0.3) is 0 Å². The van der Waals surface area contributed by atoms with E-state index in [-0.39, 0.29) is 17.9 Å². The van der Waals surface area contributed by atoms with E-state index in [1.807, 2.05) is 11.8 Å². The Morgan fingerprint density at radius 2 is 1.80 bits per heavy atom. The summed E-state index contributed by atoms with van der Waals surface area (Å²) in [7, 11) is 0. The maximum absolute atomic E-state index is 12.9. The number of nitrogens with one attached hydrogen (secondary N) is 1. The fraction of sp³-hybridized carbons (Fsp3) is 0.562. The van der Waals surface area contributed by atoms with Crippen LogP contribution in [0.25, 0.3) is 0 Å². The quantitative estimate of drug-likeness (QED) is 0.881. The first kappa shape index (κ1) is 14.8. The van der Waals surface area contributed by atoms with Gasteiger partial charge in [0.1, 0.15) is 5.82 Å². The van der Waals surface area contributed by atoms with Crippen LogP contribution in [0.3, 0.4) is 0 Å². The lowest BCUT2D eigenvalue weighted by Gasteiger charge is -2.35. The number of halogens is 1. The molecule has 2 rings (SSSR count). The lowest BCUT2D eigenvalue weighted by Crippen LogP contribution is -2.48. The van der Waals surface area contributed by atoms with Gasteiger partial charge in [0.2, 0.25) is 0 Å². The summed E-state index contributed by atoms with van der Waals surface area (Å²) in [6, 6.07) is 6.12. The number of carbonyl (C=O) groups is 1. The zero-order chi connectivity index (χ0) is 14.7. The first-order chi connectivity index (χ1) is 9.45.